The second-order valence-electron chi connectivity index (χ2n) is 5.40. The Morgan fingerprint density at radius 3 is 2.43 bits per heavy atom. The number of esters is 2. The summed E-state index contributed by atoms with van der Waals surface area (Å²) in [5, 5.41) is 7.01. The molecule has 2 N–H and O–H groups in total. The SMILES string of the molecule is CCOC(=O)c1sc(NC(=S)Nc2ccc(Br)cc2Cl)c(C(=O)OCC)c1C. The maximum Gasteiger partial charge on any atom is 0.348 e. The maximum absolute atomic E-state index is 12.4. The maximum atomic E-state index is 12.4. The average Bonchev–Trinajstić information content (AvgIpc) is 2.94. The highest BCUT2D eigenvalue weighted by molar-refractivity contribution is 9.10. The third-order valence-electron chi connectivity index (χ3n) is 3.49. The lowest BCUT2D eigenvalue weighted by Gasteiger charge is -2.12. The third kappa shape index (κ3) is 5.44. The summed E-state index contributed by atoms with van der Waals surface area (Å²) in [6, 6.07) is 5.30. The fourth-order valence-electron chi connectivity index (χ4n) is 2.29. The molecule has 0 saturated heterocycles. The number of hydrogen-bond acceptors (Lipinski definition) is 6. The first-order valence-corrected chi connectivity index (χ1v) is 10.7. The minimum atomic E-state index is -0.543. The number of thiocarbonyl (C=S) groups is 1. The summed E-state index contributed by atoms with van der Waals surface area (Å²) >= 11 is 15.9. The Morgan fingerprint density at radius 1 is 1.18 bits per heavy atom. The van der Waals surface area contributed by atoms with Crippen molar-refractivity contribution in [3.63, 3.8) is 0 Å². The molecule has 0 amide bonds. The molecule has 2 rings (SSSR count). The quantitative estimate of drug-likeness (QED) is 0.389. The summed E-state index contributed by atoms with van der Waals surface area (Å²) in [6.45, 7) is 5.53. The molecule has 0 bridgehead atoms. The zero-order chi connectivity index (χ0) is 20.8. The number of thiophene rings is 1. The minimum absolute atomic E-state index is 0.208. The highest BCUT2D eigenvalue weighted by atomic mass is 79.9. The molecule has 0 aliphatic rings. The van der Waals surface area contributed by atoms with Crippen molar-refractivity contribution in [2.75, 3.05) is 23.8 Å². The van der Waals surface area contributed by atoms with E-state index in [1.165, 1.54) is 0 Å². The van der Waals surface area contributed by atoms with E-state index in [0.29, 0.717) is 26.2 Å². The summed E-state index contributed by atoms with van der Waals surface area (Å²) < 4.78 is 11.0. The standard InChI is InChI=1S/C18H18BrClN2O4S2/c1-4-25-16(23)13-9(3)14(17(24)26-5-2)28-15(13)22-18(27)21-12-7-6-10(19)8-11(12)20/h6-8H,4-5H2,1-3H3,(H2,21,22,27). The van der Waals surface area contributed by atoms with Crippen LogP contribution in [0.25, 0.3) is 0 Å². The normalized spacial score (nSPS) is 10.3. The highest BCUT2D eigenvalue weighted by Crippen LogP contribution is 2.35. The molecular formula is C18H18BrClN2O4S2. The van der Waals surface area contributed by atoms with Crippen LogP contribution in [-0.2, 0) is 9.47 Å². The van der Waals surface area contributed by atoms with E-state index in [9.17, 15) is 9.59 Å². The van der Waals surface area contributed by atoms with Gasteiger partial charge in [0.1, 0.15) is 9.88 Å². The summed E-state index contributed by atoms with van der Waals surface area (Å²) in [5.41, 5.74) is 1.33. The number of nitrogens with one attached hydrogen (secondary N) is 2. The number of rotatable bonds is 6. The van der Waals surface area contributed by atoms with Crippen LogP contribution < -0.4 is 10.6 Å². The zero-order valence-electron chi connectivity index (χ0n) is 15.4. The van der Waals surface area contributed by atoms with Crippen LogP contribution in [0.15, 0.2) is 22.7 Å². The lowest BCUT2D eigenvalue weighted by Crippen LogP contribution is -2.20. The van der Waals surface area contributed by atoms with Crippen molar-refractivity contribution >= 4 is 78.8 Å². The van der Waals surface area contributed by atoms with Gasteiger partial charge in [0.2, 0.25) is 0 Å². The van der Waals surface area contributed by atoms with Crippen molar-refractivity contribution < 1.29 is 19.1 Å². The lowest BCUT2D eigenvalue weighted by molar-refractivity contribution is 0.0527. The van der Waals surface area contributed by atoms with Gasteiger partial charge in [0.25, 0.3) is 0 Å². The van der Waals surface area contributed by atoms with Crippen molar-refractivity contribution in [1.82, 2.24) is 0 Å². The van der Waals surface area contributed by atoms with Crippen molar-refractivity contribution in [3.8, 4) is 0 Å². The van der Waals surface area contributed by atoms with E-state index >= 15 is 0 Å². The van der Waals surface area contributed by atoms with Gasteiger partial charge in [-0.25, -0.2) is 9.59 Å². The second-order valence-corrected chi connectivity index (χ2v) is 8.16. The van der Waals surface area contributed by atoms with Gasteiger partial charge in [-0.05, 0) is 56.8 Å². The first-order chi connectivity index (χ1) is 13.3. The average molecular weight is 506 g/mol. The van der Waals surface area contributed by atoms with Gasteiger partial charge in [-0.3, -0.25) is 0 Å². The topological polar surface area (TPSA) is 76.7 Å². The molecule has 10 heteroatoms. The van der Waals surface area contributed by atoms with E-state index in [1.54, 1.807) is 32.9 Å². The molecule has 2 aromatic rings. The smallest absolute Gasteiger partial charge is 0.348 e. The highest BCUT2D eigenvalue weighted by Gasteiger charge is 2.26. The number of benzene rings is 1. The van der Waals surface area contributed by atoms with Crippen LogP contribution in [0.3, 0.4) is 0 Å². The number of carbonyl (C=O) groups is 2. The van der Waals surface area contributed by atoms with E-state index in [1.807, 2.05) is 6.07 Å². The first kappa shape index (κ1) is 22.6. The number of hydrogen-bond donors (Lipinski definition) is 2. The molecule has 0 radical (unpaired) electrons. The zero-order valence-corrected chi connectivity index (χ0v) is 19.3. The Morgan fingerprint density at radius 2 is 1.82 bits per heavy atom. The molecule has 0 unspecified atom stereocenters. The molecule has 0 saturated carbocycles. The Kier molecular flexibility index (Phi) is 8.23. The third-order valence-corrected chi connectivity index (χ3v) is 5.69. The number of carbonyl (C=O) groups excluding carboxylic acids is 2. The molecule has 0 aliphatic heterocycles. The van der Waals surface area contributed by atoms with Crippen LogP contribution in [-0.4, -0.2) is 30.3 Å². The predicted octanol–water partition coefficient (Wildman–Crippen LogP) is 5.63. The molecule has 0 fully saturated rings. The van der Waals surface area contributed by atoms with Crippen LogP contribution in [0.1, 0.15) is 39.4 Å². The predicted molar refractivity (Wildman–Crippen MR) is 120 cm³/mol. The van der Waals surface area contributed by atoms with E-state index in [4.69, 9.17) is 33.3 Å². The van der Waals surface area contributed by atoms with Gasteiger partial charge in [-0.1, -0.05) is 27.5 Å². The van der Waals surface area contributed by atoms with Gasteiger partial charge in [0.15, 0.2) is 5.11 Å². The van der Waals surface area contributed by atoms with E-state index in [2.05, 4.69) is 26.6 Å². The van der Waals surface area contributed by atoms with Gasteiger partial charge < -0.3 is 20.1 Å². The lowest BCUT2D eigenvalue weighted by atomic mass is 10.1. The monoisotopic (exact) mass is 504 g/mol. The molecule has 1 aromatic carbocycles. The molecule has 1 heterocycles. The molecule has 6 nitrogen and oxygen atoms in total. The fourth-order valence-corrected chi connectivity index (χ4v) is 4.38. The van der Waals surface area contributed by atoms with Gasteiger partial charge >= 0.3 is 11.9 Å². The van der Waals surface area contributed by atoms with Crippen LogP contribution >= 0.6 is 51.1 Å². The largest absolute Gasteiger partial charge is 0.462 e. The van der Waals surface area contributed by atoms with Gasteiger partial charge in [0.05, 0.1) is 29.5 Å². The van der Waals surface area contributed by atoms with Crippen molar-refractivity contribution in [1.29, 1.82) is 0 Å². The summed E-state index contributed by atoms with van der Waals surface area (Å²) in [6.07, 6.45) is 0. The first-order valence-electron chi connectivity index (χ1n) is 8.29. The van der Waals surface area contributed by atoms with E-state index in [-0.39, 0.29) is 23.9 Å². The van der Waals surface area contributed by atoms with E-state index < -0.39 is 11.9 Å². The summed E-state index contributed by atoms with van der Waals surface area (Å²) in [4.78, 5) is 24.9. The van der Waals surface area contributed by atoms with Crippen LogP contribution in [0, 0.1) is 6.92 Å². The Balaban J connectivity index is 2.31. The van der Waals surface area contributed by atoms with Gasteiger partial charge in [-0.15, -0.1) is 11.3 Å². The molecule has 1 aromatic heterocycles. The molecular weight excluding hydrogens is 488 g/mol. The van der Waals surface area contributed by atoms with Crippen LogP contribution in [0.4, 0.5) is 10.7 Å². The van der Waals surface area contributed by atoms with Gasteiger partial charge in [0, 0.05) is 4.47 Å². The molecule has 0 spiro atoms. The van der Waals surface area contributed by atoms with Crippen LogP contribution in [0.5, 0.6) is 0 Å². The molecule has 28 heavy (non-hydrogen) atoms. The van der Waals surface area contributed by atoms with Gasteiger partial charge in [-0.2, -0.15) is 0 Å². The minimum Gasteiger partial charge on any atom is -0.462 e. The molecule has 150 valence electrons. The Bertz CT molecular complexity index is 917. The van der Waals surface area contributed by atoms with E-state index in [0.717, 1.165) is 15.8 Å². The fraction of sp³-hybridized carbons (Fsp3) is 0.278. The Labute approximate surface area is 185 Å². The molecule has 0 aliphatic carbocycles. The summed E-state index contributed by atoms with van der Waals surface area (Å²) in [7, 11) is 0. The molecule has 0 atom stereocenters. The van der Waals surface area contributed by atoms with Crippen LogP contribution in [0.2, 0.25) is 5.02 Å². The van der Waals surface area contributed by atoms with Crippen molar-refractivity contribution in [3.05, 3.63) is 43.7 Å². The van der Waals surface area contributed by atoms with Crippen molar-refractivity contribution in [2.45, 2.75) is 20.8 Å². The number of ether oxygens (including phenoxy) is 2. The number of anilines is 2. The second kappa shape index (κ2) is 10.2. The number of halogens is 2. The Hall–Kier alpha value is -1.68. The summed E-state index contributed by atoms with van der Waals surface area (Å²) in [5.74, 6) is -1.04. The van der Waals surface area contributed by atoms with Crippen molar-refractivity contribution in [2.24, 2.45) is 0 Å².